The first kappa shape index (κ1) is 39.9. The van der Waals surface area contributed by atoms with Crippen LogP contribution in [0.1, 0.15) is 83.3 Å². The summed E-state index contributed by atoms with van der Waals surface area (Å²) in [6.07, 6.45) is 4.25. The fourth-order valence-electron chi connectivity index (χ4n) is 6.93. The molecular weight excluding hydrogens is 738 g/mol. The molecule has 2 heterocycles. The Kier molecular flexibility index (Phi) is 11.2. The van der Waals surface area contributed by atoms with Crippen molar-refractivity contribution in [2.24, 2.45) is 11.8 Å². The third-order valence-corrected chi connectivity index (χ3v) is 12.2. The maximum absolute atomic E-state index is 14.4. The van der Waals surface area contributed by atoms with Crippen molar-refractivity contribution in [3.8, 4) is 0 Å². The van der Waals surface area contributed by atoms with Crippen LogP contribution in [0, 0.1) is 17.7 Å². The van der Waals surface area contributed by atoms with Crippen molar-refractivity contribution >= 4 is 45.7 Å². The molecule has 55 heavy (non-hydrogen) atoms. The van der Waals surface area contributed by atoms with Crippen LogP contribution in [0.5, 0.6) is 0 Å². The maximum Gasteiger partial charge on any atom is 0.410 e. The van der Waals surface area contributed by atoms with Crippen molar-refractivity contribution in [1.82, 2.24) is 25.2 Å². The Labute approximate surface area is 319 Å². The summed E-state index contributed by atoms with van der Waals surface area (Å²) in [5.41, 5.74) is -1.62. The highest BCUT2D eigenvalue weighted by molar-refractivity contribution is 7.91. The van der Waals surface area contributed by atoms with E-state index in [0.29, 0.717) is 29.9 Å². The largest absolute Gasteiger partial charge is 0.444 e. The van der Waals surface area contributed by atoms with E-state index in [-0.39, 0.29) is 51.1 Å². The number of hydrogen-bond acceptors (Lipinski definition) is 10. The predicted molar refractivity (Wildman–Crippen MR) is 195 cm³/mol. The molecule has 0 radical (unpaired) electrons. The highest BCUT2D eigenvalue weighted by atomic mass is 32.2. The van der Waals surface area contributed by atoms with Gasteiger partial charge in [-0.15, -0.1) is 6.58 Å². The van der Waals surface area contributed by atoms with E-state index in [1.165, 1.54) is 29.2 Å². The van der Waals surface area contributed by atoms with Crippen LogP contribution in [0.4, 0.5) is 14.0 Å². The molecule has 0 bridgehead atoms. The number of amides is 5. The van der Waals surface area contributed by atoms with E-state index in [4.69, 9.17) is 9.47 Å². The molecule has 15 nitrogen and oxygen atoms in total. The molecule has 5 aliphatic rings. The van der Waals surface area contributed by atoms with Crippen molar-refractivity contribution in [2.45, 2.75) is 120 Å². The normalized spacial score (nSPS) is 25.1. The van der Waals surface area contributed by atoms with Gasteiger partial charge in [0.05, 0.1) is 18.3 Å². The van der Waals surface area contributed by atoms with Crippen LogP contribution in [-0.2, 0) is 51.8 Å². The summed E-state index contributed by atoms with van der Waals surface area (Å²) in [5, 5.41) is 4.51. The predicted octanol–water partition coefficient (Wildman–Crippen LogP) is 3.13. The number of hydrogen-bond donors (Lipinski definition) is 3. The Hall–Kier alpha value is -4.80. The first-order valence-electron chi connectivity index (χ1n) is 18.6. The molecule has 0 aromatic heterocycles. The fraction of sp³-hybridized carbons (Fsp3) is 0.579. The van der Waals surface area contributed by atoms with E-state index in [1.807, 2.05) is 6.08 Å². The van der Waals surface area contributed by atoms with Crippen LogP contribution in [0.2, 0.25) is 0 Å². The van der Waals surface area contributed by atoms with Gasteiger partial charge in [-0.3, -0.25) is 28.8 Å². The Balaban J connectivity index is 1.23. The molecule has 17 heteroatoms. The standard InChI is InChI=1S/C38H48FN5O10S/c1-5-24-18-38(24,34(48)42-55(51,52)27-14-15-27)41-32(46)31-17-26(53-36(50)43-19-23-7-6-8-29(39)28(23)21-43)20-44(31)33(47)30(40-35(49)54-37(2,3)4)16-13-25(45)12-11-22-9-10-22/h5-8,11-12,22,24,26-27,30-31H,1,9-10,13-21H2,2-4H3,(H,40,49)(H,41,46)(H,42,48)/t24-,26?,30+,31+,38-/m1/s1. The maximum atomic E-state index is 14.4. The van der Waals surface area contributed by atoms with E-state index < -0.39 is 86.2 Å². The number of ether oxygens (including phenoxy) is 2. The van der Waals surface area contributed by atoms with Crippen LogP contribution < -0.4 is 15.4 Å². The minimum absolute atomic E-state index is 0.0461. The number of ketones is 1. The van der Waals surface area contributed by atoms with Gasteiger partial charge in [-0.05, 0) is 82.9 Å². The van der Waals surface area contributed by atoms with Crippen molar-refractivity contribution in [2.75, 3.05) is 6.54 Å². The average molecular weight is 786 g/mol. The zero-order valence-corrected chi connectivity index (χ0v) is 32.0. The van der Waals surface area contributed by atoms with Crippen LogP contribution in [-0.4, -0.2) is 95.0 Å². The van der Waals surface area contributed by atoms with Gasteiger partial charge < -0.3 is 25.0 Å². The summed E-state index contributed by atoms with van der Waals surface area (Å²) in [7, 11) is -3.97. The van der Waals surface area contributed by atoms with Crippen molar-refractivity contribution in [1.29, 1.82) is 0 Å². The molecule has 0 spiro atoms. The third kappa shape index (κ3) is 9.54. The summed E-state index contributed by atoms with van der Waals surface area (Å²) >= 11 is 0. The van der Waals surface area contributed by atoms with E-state index in [9.17, 15) is 41.6 Å². The fourth-order valence-corrected chi connectivity index (χ4v) is 8.29. The summed E-state index contributed by atoms with van der Waals surface area (Å²) in [4.78, 5) is 83.5. The van der Waals surface area contributed by atoms with Crippen LogP contribution in [0.15, 0.2) is 43.0 Å². The molecule has 1 aromatic carbocycles. The van der Waals surface area contributed by atoms with Crippen LogP contribution >= 0.6 is 0 Å². The summed E-state index contributed by atoms with van der Waals surface area (Å²) in [6, 6.07) is 1.82. The zero-order valence-electron chi connectivity index (χ0n) is 31.2. The topological polar surface area (TPSA) is 198 Å². The van der Waals surface area contributed by atoms with Crippen molar-refractivity contribution in [3.63, 3.8) is 0 Å². The second kappa shape index (κ2) is 15.4. The number of rotatable bonds is 14. The number of nitrogens with one attached hydrogen (secondary N) is 3. The molecule has 5 atom stereocenters. The monoisotopic (exact) mass is 785 g/mol. The Bertz CT molecular complexity index is 1910. The molecule has 3 N–H and O–H groups in total. The molecule has 2 aliphatic heterocycles. The molecule has 3 aliphatic carbocycles. The number of halogens is 1. The number of sulfonamides is 1. The van der Waals surface area contributed by atoms with Gasteiger partial charge in [0.15, 0.2) is 5.78 Å². The summed E-state index contributed by atoms with van der Waals surface area (Å²) < 4.78 is 53.1. The summed E-state index contributed by atoms with van der Waals surface area (Å²) in [5.74, 6) is -3.54. The number of carbonyl (C=O) groups is 6. The van der Waals surface area contributed by atoms with Gasteiger partial charge in [-0.25, -0.2) is 22.4 Å². The average Bonchev–Trinajstić information content (AvgIpc) is 4.04. The highest BCUT2D eigenvalue weighted by Crippen LogP contribution is 2.45. The summed E-state index contributed by atoms with van der Waals surface area (Å²) in [6.45, 7) is 8.36. The number of alkyl carbamates (subject to hydrolysis) is 1. The SMILES string of the molecule is C=C[C@@H]1C[C@]1(NC(=O)[C@@H]1CC(OC(=O)N2Cc3cccc(F)c3C2)CN1C(=O)[C@H](CCC(=O)C=CC1CC1)NC(=O)OC(C)(C)C)C(=O)NS(=O)(=O)C1CC1. The second-order valence-electron chi connectivity index (χ2n) is 16.1. The number of allylic oxidation sites excluding steroid dienone is 2. The van der Waals surface area contributed by atoms with E-state index in [0.717, 1.165) is 17.7 Å². The Morgan fingerprint density at radius 1 is 1.09 bits per heavy atom. The number of benzene rings is 1. The lowest BCUT2D eigenvalue weighted by molar-refractivity contribution is -0.141. The number of likely N-dealkylation sites (tertiary alicyclic amines) is 1. The number of carbonyl (C=O) groups excluding carboxylic acids is 6. The quantitative estimate of drug-likeness (QED) is 0.186. The highest BCUT2D eigenvalue weighted by Gasteiger charge is 2.62. The smallest absolute Gasteiger partial charge is 0.410 e. The number of nitrogens with zero attached hydrogens (tertiary/aromatic N) is 2. The minimum Gasteiger partial charge on any atom is -0.444 e. The van der Waals surface area contributed by atoms with Crippen molar-refractivity contribution < 1.29 is 51.0 Å². The Morgan fingerprint density at radius 2 is 1.82 bits per heavy atom. The molecule has 1 unspecified atom stereocenters. The van der Waals surface area contributed by atoms with Gasteiger partial charge in [0.2, 0.25) is 21.8 Å². The second-order valence-corrected chi connectivity index (χ2v) is 18.0. The molecule has 4 fully saturated rings. The lowest BCUT2D eigenvalue weighted by Gasteiger charge is -2.30. The molecule has 3 saturated carbocycles. The van der Waals surface area contributed by atoms with Crippen LogP contribution in [0.25, 0.3) is 0 Å². The Morgan fingerprint density at radius 3 is 2.44 bits per heavy atom. The molecule has 1 aromatic rings. The lowest BCUT2D eigenvalue weighted by atomic mass is 10.1. The molecule has 5 amide bonds. The van der Waals surface area contributed by atoms with Gasteiger partial charge in [0.1, 0.15) is 35.1 Å². The zero-order chi connectivity index (χ0) is 39.9. The van der Waals surface area contributed by atoms with Gasteiger partial charge >= 0.3 is 12.2 Å². The van der Waals surface area contributed by atoms with Gasteiger partial charge in [0, 0.05) is 30.9 Å². The third-order valence-electron chi connectivity index (χ3n) is 10.4. The molecule has 298 valence electrons. The molecule has 6 rings (SSSR count). The minimum atomic E-state index is -3.97. The van der Waals surface area contributed by atoms with Gasteiger partial charge in [-0.1, -0.05) is 24.3 Å². The molecule has 1 saturated heterocycles. The lowest BCUT2D eigenvalue weighted by Crippen LogP contribution is -2.58. The number of fused-ring (bicyclic) bond motifs is 1. The van der Waals surface area contributed by atoms with Crippen LogP contribution in [0.3, 0.4) is 0 Å². The van der Waals surface area contributed by atoms with E-state index in [1.54, 1.807) is 26.8 Å². The van der Waals surface area contributed by atoms with Crippen molar-refractivity contribution in [3.05, 3.63) is 60.0 Å². The van der Waals surface area contributed by atoms with E-state index in [2.05, 4.69) is 21.9 Å². The van der Waals surface area contributed by atoms with Gasteiger partial charge in [-0.2, -0.15) is 0 Å². The van der Waals surface area contributed by atoms with E-state index >= 15 is 0 Å². The molecular formula is C38H48FN5O10S. The first-order chi connectivity index (χ1) is 25.9. The first-order valence-corrected chi connectivity index (χ1v) is 20.2. The van der Waals surface area contributed by atoms with Gasteiger partial charge in [0.25, 0.3) is 5.91 Å².